The average Bonchev–Trinajstić information content (AvgIpc) is 3.00. The Morgan fingerprint density at radius 2 is 1.49 bits per heavy atom. The Kier molecular flexibility index (Phi) is 9.14. The molecule has 0 amide bonds. The molecule has 0 spiro atoms. The van der Waals surface area contributed by atoms with Crippen molar-refractivity contribution in [2.45, 2.75) is 75.3 Å². The molecule has 2 aliphatic heterocycles. The fourth-order valence-electron chi connectivity index (χ4n) is 5.41. The molecule has 0 radical (unpaired) electrons. The maximum atomic E-state index is 13.3. The summed E-state index contributed by atoms with van der Waals surface area (Å²) >= 11 is 0. The summed E-state index contributed by atoms with van der Waals surface area (Å²) in [6, 6.07) is 4.70. The van der Waals surface area contributed by atoms with Gasteiger partial charge in [-0.15, -0.1) is 0 Å². The van der Waals surface area contributed by atoms with E-state index in [1.54, 1.807) is 0 Å². The van der Waals surface area contributed by atoms with Crippen LogP contribution in [0.1, 0.15) is 44.3 Å². The summed E-state index contributed by atoms with van der Waals surface area (Å²) in [5, 5.41) is 83.4. The number of rotatable bonds is 7. The summed E-state index contributed by atoms with van der Waals surface area (Å²) in [6.07, 6.45) is -17.3. The van der Waals surface area contributed by atoms with Crippen LogP contribution in [0.3, 0.4) is 0 Å². The van der Waals surface area contributed by atoms with Crippen LogP contribution in [0, 0.1) is 6.92 Å². The van der Waals surface area contributed by atoms with Crippen molar-refractivity contribution in [2.75, 3.05) is 13.2 Å². The lowest BCUT2D eigenvalue weighted by atomic mass is 9.82. The first-order valence-corrected chi connectivity index (χ1v) is 13.8. The minimum absolute atomic E-state index is 0.0361. The van der Waals surface area contributed by atoms with Crippen molar-refractivity contribution in [3.05, 3.63) is 52.1 Å². The molecule has 2 aromatic carbocycles. The van der Waals surface area contributed by atoms with E-state index >= 15 is 0 Å². The van der Waals surface area contributed by atoms with Gasteiger partial charge >= 0.3 is 5.97 Å². The molecule has 2 fully saturated rings. The molecule has 16 nitrogen and oxygen atoms in total. The van der Waals surface area contributed by atoms with Crippen molar-refractivity contribution in [3.8, 4) is 17.2 Å². The third-order valence-corrected chi connectivity index (χ3v) is 7.95. The van der Waals surface area contributed by atoms with Gasteiger partial charge in [0.05, 0.1) is 12.2 Å². The number of phenolic OH excluding ortho intramolecular Hbond substituents is 2. The van der Waals surface area contributed by atoms with Crippen molar-refractivity contribution in [2.24, 2.45) is 0 Å². The van der Waals surface area contributed by atoms with E-state index in [2.05, 4.69) is 0 Å². The zero-order chi connectivity index (χ0) is 32.9. The molecule has 10 atom stereocenters. The molecule has 45 heavy (non-hydrogen) atoms. The molecular weight excluding hydrogens is 604 g/mol. The Morgan fingerprint density at radius 1 is 0.822 bits per heavy atom. The highest BCUT2D eigenvalue weighted by Crippen LogP contribution is 2.41. The zero-order valence-electron chi connectivity index (χ0n) is 23.8. The second-order valence-electron chi connectivity index (χ2n) is 10.9. The van der Waals surface area contributed by atoms with E-state index in [9.17, 15) is 55.2 Å². The molecule has 0 unspecified atom stereocenters. The van der Waals surface area contributed by atoms with Crippen LogP contribution in [-0.2, 0) is 23.7 Å². The lowest BCUT2D eigenvalue weighted by Gasteiger charge is -2.46. The van der Waals surface area contributed by atoms with Gasteiger partial charge in [-0.1, -0.05) is 0 Å². The van der Waals surface area contributed by atoms with E-state index in [0.29, 0.717) is 0 Å². The minimum Gasteiger partial charge on any atom is -0.508 e. The number of esters is 1. The van der Waals surface area contributed by atoms with Crippen LogP contribution in [0.15, 0.2) is 24.3 Å². The van der Waals surface area contributed by atoms with E-state index in [4.69, 9.17) is 23.7 Å². The SMILES string of the molecule is CC(=O)OC[C@@H]1O[C@@H](O[C@H]2[C@H](Oc3cc4c(c(O)c3C)C(=O)c3ccc(O)cc3C4=O)O[C@H](CO)[C@@H](O)[C@@H]2O)[C@H](O)[C@H](O)[C@H]1O. The molecule has 2 aromatic rings. The number of phenols is 2. The van der Waals surface area contributed by atoms with Crippen molar-refractivity contribution in [3.63, 3.8) is 0 Å². The van der Waals surface area contributed by atoms with Crippen LogP contribution in [0.4, 0.5) is 0 Å². The van der Waals surface area contributed by atoms with E-state index in [1.807, 2.05) is 0 Å². The first-order chi connectivity index (χ1) is 21.2. The molecular formula is C29H32O16. The molecule has 0 aromatic heterocycles. The van der Waals surface area contributed by atoms with Crippen LogP contribution >= 0.6 is 0 Å². The van der Waals surface area contributed by atoms with Crippen LogP contribution < -0.4 is 4.74 Å². The number of hydrogen-bond acceptors (Lipinski definition) is 16. The summed E-state index contributed by atoms with van der Waals surface area (Å²) in [7, 11) is 0. The number of aromatic hydroxyl groups is 2. The van der Waals surface area contributed by atoms with Crippen LogP contribution in [-0.4, -0.2) is 133 Å². The predicted molar refractivity (Wildman–Crippen MR) is 144 cm³/mol. The first-order valence-electron chi connectivity index (χ1n) is 13.8. The number of carbonyl (C=O) groups is 3. The number of carbonyl (C=O) groups excluding carboxylic acids is 3. The second kappa shape index (κ2) is 12.6. The standard InChI is InChI=1S/C29H32O16/c1-9-15(6-14-18(19(9)33)21(35)12-4-3-11(32)5-13(12)20(14)34)42-29-27(25(39)22(36)16(7-30)43-29)45-28-26(40)24(38)23(37)17(44-28)8-41-10(2)31/h3-6,16-17,22-30,32-33,36-40H,7-8H2,1-2H3/t16-,17+,22-,23+,24-,25+,26-,27-,28+,29-/m1/s1. The molecule has 0 bridgehead atoms. The Labute approximate surface area is 254 Å². The molecule has 3 aliphatic rings. The maximum absolute atomic E-state index is 13.3. The van der Waals surface area contributed by atoms with Gasteiger partial charge in [0.2, 0.25) is 6.29 Å². The van der Waals surface area contributed by atoms with Gasteiger partial charge in [0.15, 0.2) is 24.0 Å². The van der Waals surface area contributed by atoms with Crippen LogP contribution in [0.5, 0.6) is 17.2 Å². The number of hydrogen-bond donors (Lipinski definition) is 8. The fraction of sp³-hybridized carbons (Fsp3) is 0.483. The molecule has 244 valence electrons. The molecule has 1 aliphatic carbocycles. The smallest absolute Gasteiger partial charge is 0.302 e. The summed E-state index contributed by atoms with van der Waals surface area (Å²) in [5.41, 5.74) is -0.793. The Balaban J connectivity index is 1.47. The van der Waals surface area contributed by atoms with Gasteiger partial charge in [-0.25, -0.2) is 0 Å². The molecule has 0 saturated carbocycles. The van der Waals surface area contributed by atoms with Crippen molar-refractivity contribution >= 4 is 17.5 Å². The van der Waals surface area contributed by atoms with E-state index in [-0.39, 0.29) is 39.3 Å². The molecule has 8 N–H and O–H groups in total. The van der Waals surface area contributed by atoms with Crippen LogP contribution in [0.2, 0.25) is 0 Å². The molecule has 5 rings (SSSR count). The van der Waals surface area contributed by atoms with Crippen molar-refractivity contribution < 1.29 is 78.9 Å². The maximum Gasteiger partial charge on any atom is 0.302 e. The lowest BCUT2D eigenvalue weighted by Crippen LogP contribution is -2.65. The average molecular weight is 637 g/mol. The van der Waals surface area contributed by atoms with Crippen LogP contribution in [0.25, 0.3) is 0 Å². The van der Waals surface area contributed by atoms with Crippen molar-refractivity contribution in [1.82, 2.24) is 0 Å². The third kappa shape index (κ3) is 5.87. The number of ketones is 2. The predicted octanol–water partition coefficient (Wildman–Crippen LogP) is -2.24. The quantitative estimate of drug-likeness (QED) is 0.127. The largest absolute Gasteiger partial charge is 0.508 e. The summed E-state index contributed by atoms with van der Waals surface area (Å²) in [5.74, 6) is -3.26. The van der Waals surface area contributed by atoms with Gasteiger partial charge in [-0.05, 0) is 31.2 Å². The third-order valence-electron chi connectivity index (χ3n) is 7.95. The van der Waals surface area contributed by atoms with Gasteiger partial charge in [-0.2, -0.15) is 0 Å². The Bertz CT molecular complexity index is 1490. The summed E-state index contributed by atoms with van der Waals surface area (Å²) < 4.78 is 27.6. The van der Waals surface area contributed by atoms with Gasteiger partial charge < -0.3 is 64.5 Å². The summed E-state index contributed by atoms with van der Waals surface area (Å²) in [4.78, 5) is 37.8. The van der Waals surface area contributed by atoms with Crippen molar-refractivity contribution in [1.29, 1.82) is 0 Å². The van der Waals surface area contributed by atoms with Gasteiger partial charge in [0.25, 0.3) is 0 Å². The summed E-state index contributed by atoms with van der Waals surface area (Å²) in [6.45, 7) is 1.11. The van der Waals surface area contributed by atoms with Gasteiger partial charge in [0, 0.05) is 29.2 Å². The van der Waals surface area contributed by atoms with Gasteiger partial charge in [-0.3, -0.25) is 14.4 Å². The number of ether oxygens (including phenoxy) is 5. The zero-order valence-corrected chi connectivity index (χ0v) is 23.8. The number of fused-ring (bicyclic) bond motifs is 2. The minimum atomic E-state index is -1.93. The highest BCUT2D eigenvalue weighted by atomic mass is 16.8. The molecule has 16 heteroatoms. The number of aliphatic hydroxyl groups is 6. The Morgan fingerprint density at radius 3 is 2.16 bits per heavy atom. The normalized spacial score (nSPS) is 32.9. The topological polar surface area (TPSA) is 259 Å². The van der Waals surface area contributed by atoms with E-state index < -0.39 is 97.9 Å². The van der Waals surface area contributed by atoms with E-state index in [0.717, 1.165) is 19.1 Å². The molecule has 2 saturated heterocycles. The Hall–Kier alpha value is -3.71. The number of aliphatic hydroxyl groups excluding tert-OH is 6. The lowest BCUT2D eigenvalue weighted by molar-refractivity contribution is -0.358. The second-order valence-corrected chi connectivity index (χ2v) is 10.9. The fourth-order valence-corrected chi connectivity index (χ4v) is 5.41. The molecule has 2 heterocycles. The van der Waals surface area contributed by atoms with Gasteiger partial charge in [0.1, 0.15) is 66.6 Å². The van der Waals surface area contributed by atoms with E-state index in [1.165, 1.54) is 19.1 Å². The highest BCUT2D eigenvalue weighted by Gasteiger charge is 2.52. The highest BCUT2D eigenvalue weighted by molar-refractivity contribution is 6.29. The first kappa shape index (κ1) is 32.7. The monoisotopic (exact) mass is 636 g/mol. The number of benzene rings is 2.